The molecule has 160 valence electrons. The first kappa shape index (κ1) is 26.3. The van der Waals surface area contributed by atoms with Crippen molar-refractivity contribution in [2.24, 2.45) is 5.41 Å². The maximum atomic E-state index is 12.9. The Bertz CT molecular complexity index is 885. The molecule has 0 aliphatic heterocycles. The fourth-order valence-corrected chi connectivity index (χ4v) is 7.77. The molecule has 1 aromatic rings. The zero-order valence-corrected chi connectivity index (χ0v) is 22.9. The minimum Gasteiger partial charge on any atom is -0.481 e. The van der Waals surface area contributed by atoms with E-state index in [0.717, 1.165) is 0 Å². The lowest BCUT2D eigenvalue weighted by atomic mass is 9.85. The Labute approximate surface area is 209 Å². The molecule has 29 heavy (non-hydrogen) atoms. The fraction of sp³-hybridized carbons (Fsp3) is 0.444. The van der Waals surface area contributed by atoms with Crippen molar-refractivity contribution in [3.63, 3.8) is 0 Å². The van der Waals surface area contributed by atoms with E-state index in [4.69, 9.17) is 5.11 Å². The number of benzene rings is 1. The third-order valence-corrected chi connectivity index (χ3v) is 7.38. The highest BCUT2D eigenvalue weighted by Crippen LogP contribution is 2.42. The largest absolute Gasteiger partial charge is 0.481 e. The normalized spacial score (nSPS) is 11.2. The molecule has 0 atom stereocenters. The van der Waals surface area contributed by atoms with E-state index in [0.29, 0.717) is 22.1 Å². The molecule has 0 heterocycles. The van der Waals surface area contributed by atoms with Crippen LogP contribution < -0.4 is 9.80 Å². The quantitative estimate of drug-likeness (QED) is 0.408. The molecule has 8 nitrogen and oxygen atoms in total. The van der Waals surface area contributed by atoms with E-state index < -0.39 is 17.4 Å². The van der Waals surface area contributed by atoms with Gasteiger partial charge in [-0.05, 0) is 73.2 Å². The van der Waals surface area contributed by atoms with Crippen molar-refractivity contribution in [2.45, 2.75) is 33.6 Å². The molecule has 0 fully saturated rings. The van der Waals surface area contributed by atoms with Gasteiger partial charge in [0.2, 0.25) is 11.8 Å². The van der Waals surface area contributed by atoms with E-state index in [1.807, 2.05) is 67.8 Å². The number of carboxylic acids is 2. The van der Waals surface area contributed by atoms with E-state index in [2.05, 4.69) is 0 Å². The van der Waals surface area contributed by atoms with Gasteiger partial charge in [0.15, 0.2) is 0 Å². The van der Waals surface area contributed by atoms with E-state index in [9.17, 15) is 24.3 Å². The first-order valence-electron chi connectivity index (χ1n) is 8.28. The molecule has 0 saturated heterocycles. The van der Waals surface area contributed by atoms with Crippen molar-refractivity contribution >= 4 is 103 Å². The highest BCUT2D eigenvalue weighted by Gasteiger charge is 2.32. The molecular formula is C18H21I3N2O6. The molecule has 0 unspecified atom stereocenters. The molecule has 0 spiro atoms. The molecule has 0 aliphatic rings. The summed E-state index contributed by atoms with van der Waals surface area (Å²) in [6.45, 7) is 4.75. The molecule has 1 aromatic carbocycles. The van der Waals surface area contributed by atoms with Crippen LogP contribution in [-0.4, -0.2) is 48.1 Å². The lowest BCUT2D eigenvalue weighted by Crippen LogP contribution is -2.34. The molecule has 11 heteroatoms. The second-order valence-corrected chi connectivity index (χ2v) is 10.5. The van der Waals surface area contributed by atoms with Crippen molar-refractivity contribution in [3.05, 3.63) is 16.3 Å². The van der Waals surface area contributed by atoms with Gasteiger partial charge in [-0.25, -0.2) is 4.79 Å². The number of carbonyl (C=O) groups excluding carboxylic acids is 2. The summed E-state index contributed by atoms with van der Waals surface area (Å²) in [5.41, 5.74) is 0.0275. The van der Waals surface area contributed by atoms with Crippen LogP contribution in [0.15, 0.2) is 0 Å². The molecule has 0 aliphatic carbocycles. The van der Waals surface area contributed by atoms with Gasteiger partial charge in [0.1, 0.15) is 0 Å². The van der Waals surface area contributed by atoms with Crippen molar-refractivity contribution in [2.75, 3.05) is 23.9 Å². The smallest absolute Gasteiger partial charge is 0.338 e. The van der Waals surface area contributed by atoms with Crippen molar-refractivity contribution < 1.29 is 29.4 Å². The lowest BCUT2D eigenvalue weighted by Gasteiger charge is -2.30. The SMILES string of the molecule is CC(=O)N(C)c1c(I)c(C(=O)O)c(I)c(N(C)C(=O)CC(C)(C)CC(=O)O)c1I. The number of rotatable bonds is 7. The summed E-state index contributed by atoms with van der Waals surface area (Å²) in [5.74, 6) is -2.79. The second kappa shape index (κ2) is 10.1. The number of hydrogen-bond acceptors (Lipinski definition) is 4. The van der Waals surface area contributed by atoms with Gasteiger partial charge < -0.3 is 20.0 Å². The Hall–Kier alpha value is -0.710. The van der Waals surface area contributed by atoms with Crippen LogP contribution in [0.4, 0.5) is 11.4 Å². The van der Waals surface area contributed by atoms with Crippen LogP contribution in [0.5, 0.6) is 0 Å². The Morgan fingerprint density at radius 1 is 0.862 bits per heavy atom. The molecule has 2 N–H and O–H groups in total. The predicted octanol–water partition coefficient (Wildman–Crippen LogP) is 4.04. The van der Waals surface area contributed by atoms with Gasteiger partial charge in [-0.15, -0.1) is 0 Å². The number of halogens is 3. The minimum absolute atomic E-state index is 0.00848. The Morgan fingerprint density at radius 3 is 1.69 bits per heavy atom. The topological polar surface area (TPSA) is 115 Å². The van der Waals surface area contributed by atoms with Crippen molar-refractivity contribution in [3.8, 4) is 0 Å². The standard InChI is InChI=1S/C18H21I3N2O6/c1-8(24)22(4)15-12(19)11(17(28)29)13(20)16(14(15)21)23(5)9(25)6-18(2,3)7-10(26)27/h6-7H2,1-5H3,(H,26,27)(H,28,29). The minimum atomic E-state index is -1.17. The highest BCUT2D eigenvalue weighted by atomic mass is 127. The number of carboxylic acid groups (broad SMARTS) is 2. The summed E-state index contributed by atoms with van der Waals surface area (Å²) < 4.78 is 1.33. The number of anilines is 2. The van der Waals surface area contributed by atoms with Crippen molar-refractivity contribution in [1.82, 2.24) is 0 Å². The van der Waals surface area contributed by atoms with Gasteiger partial charge in [-0.2, -0.15) is 0 Å². The molecule has 0 saturated carbocycles. The number of carbonyl (C=O) groups is 4. The van der Waals surface area contributed by atoms with Gasteiger partial charge in [-0.1, -0.05) is 13.8 Å². The van der Waals surface area contributed by atoms with E-state index in [-0.39, 0.29) is 30.2 Å². The zero-order chi connectivity index (χ0) is 22.8. The fourth-order valence-electron chi connectivity index (χ4n) is 2.70. The second-order valence-electron chi connectivity index (χ2n) is 7.26. The molecule has 1 rings (SSSR count). The van der Waals surface area contributed by atoms with Crippen LogP contribution in [0.1, 0.15) is 44.0 Å². The number of amides is 2. The predicted molar refractivity (Wildman–Crippen MR) is 135 cm³/mol. The average Bonchev–Trinajstić information content (AvgIpc) is 2.51. The molecule has 2 amide bonds. The van der Waals surface area contributed by atoms with Crippen LogP contribution >= 0.6 is 67.8 Å². The Kier molecular flexibility index (Phi) is 9.14. The third-order valence-electron chi connectivity index (χ3n) is 4.26. The lowest BCUT2D eigenvalue weighted by molar-refractivity contribution is -0.139. The summed E-state index contributed by atoms with van der Waals surface area (Å²) in [6.07, 6.45) is -0.208. The molecule has 0 bridgehead atoms. The first-order chi connectivity index (χ1) is 13.1. The van der Waals surface area contributed by atoms with Crippen LogP contribution in [0.2, 0.25) is 0 Å². The molecule has 0 aromatic heterocycles. The number of nitrogens with zero attached hydrogens (tertiary/aromatic N) is 2. The summed E-state index contributed by atoms with van der Waals surface area (Å²) >= 11 is 5.79. The van der Waals surface area contributed by atoms with E-state index in [1.165, 1.54) is 23.8 Å². The Balaban J connectivity index is 3.61. The third kappa shape index (κ3) is 6.15. The number of hydrogen-bond donors (Lipinski definition) is 2. The number of aliphatic carboxylic acids is 1. The summed E-state index contributed by atoms with van der Waals surface area (Å²) in [7, 11) is 3.07. The first-order valence-corrected chi connectivity index (χ1v) is 11.5. The highest BCUT2D eigenvalue weighted by molar-refractivity contribution is 14.1. The Morgan fingerprint density at radius 2 is 1.31 bits per heavy atom. The van der Waals surface area contributed by atoms with Crippen molar-refractivity contribution in [1.29, 1.82) is 0 Å². The van der Waals surface area contributed by atoms with Gasteiger partial charge in [0, 0.05) is 27.4 Å². The van der Waals surface area contributed by atoms with Gasteiger partial charge >= 0.3 is 11.9 Å². The van der Waals surface area contributed by atoms with Gasteiger partial charge in [0.05, 0.1) is 34.1 Å². The molecule has 0 radical (unpaired) electrons. The van der Waals surface area contributed by atoms with Gasteiger partial charge in [0.25, 0.3) is 0 Å². The van der Waals surface area contributed by atoms with E-state index >= 15 is 0 Å². The average molecular weight is 742 g/mol. The maximum Gasteiger partial charge on any atom is 0.338 e. The van der Waals surface area contributed by atoms with E-state index in [1.54, 1.807) is 20.9 Å². The zero-order valence-electron chi connectivity index (χ0n) is 16.5. The summed E-state index contributed by atoms with van der Waals surface area (Å²) in [4.78, 5) is 50.5. The maximum absolute atomic E-state index is 12.9. The number of aromatic carboxylic acids is 1. The summed E-state index contributed by atoms with van der Waals surface area (Å²) in [6, 6.07) is 0. The summed E-state index contributed by atoms with van der Waals surface area (Å²) in [5, 5.41) is 18.8. The van der Waals surface area contributed by atoms with Crippen LogP contribution in [-0.2, 0) is 14.4 Å². The van der Waals surface area contributed by atoms with Crippen LogP contribution in [0.25, 0.3) is 0 Å². The molecular weight excluding hydrogens is 721 g/mol. The van der Waals surface area contributed by atoms with Gasteiger partial charge in [-0.3, -0.25) is 14.4 Å². The van der Waals surface area contributed by atoms with Crippen LogP contribution in [0.3, 0.4) is 0 Å². The monoisotopic (exact) mass is 742 g/mol. The van der Waals surface area contributed by atoms with Crippen LogP contribution in [0, 0.1) is 16.1 Å².